The lowest BCUT2D eigenvalue weighted by Gasteiger charge is -2.40. The van der Waals surface area contributed by atoms with Gasteiger partial charge in [-0.05, 0) is 57.0 Å². The van der Waals surface area contributed by atoms with Crippen molar-refractivity contribution in [3.8, 4) is 0 Å². The molecule has 1 aromatic carbocycles. The second-order valence-corrected chi connectivity index (χ2v) is 15.3. The molecule has 3 aliphatic heterocycles. The van der Waals surface area contributed by atoms with Gasteiger partial charge >= 0.3 is 6.03 Å². The molecule has 4 heterocycles. The van der Waals surface area contributed by atoms with E-state index in [1.807, 2.05) is 43.0 Å². The van der Waals surface area contributed by atoms with Crippen molar-refractivity contribution in [3.05, 3.63) is 46.2 Å². The van der Waals surface area contributed by atoms with Crippen molar-refractivity contribution < 1.29 is 18.0 Å². The molecule has 3 amide bonds. The largest absolute Gasteiger partial charge is 0.349 e. The summed E-state index contributed by atoms with van der Waals surface area (Å²) < 4.78 is 28.7. The third kappa shape index (κ3) is 7.53. The van der Waals surface area contributed by atoms with Gasteiger partial charge in [0.05, 0.1) is 11.8 Å². The SMILES string of the molecule is CC(C)n1c(=O)c(C(=O)NC2C[C@H]3CC[C@@H](C2)N3CCN(CCN2CCN(C(=O)N(C)C)CC2)S(C)(=O)=O)cc2ccccc21. The summed E-state index contributed by atoms with van der Waals surface area (Å²) in [5.41, 5.74) is 0.723. The van der Waals surface area contributed by atoms with Crippen molar-refractivity contribution >= 4 is 32.9 Å². The lowest BCUT2D eigenvalue weighted by atomic mass is 9.97. The lowest BCUT2D eigenvalue weighted by molar-refractivity contribution is 0.0826. The molecule has 1 aromatic heterocycles. The summed E-state index contributed by atoms with van der Waals surface area (Å²) in [6, 6.07) is 9.78. The number of amides is 3. The fourth-order valence-corrected chi connectivity index (χ4v) is 8.18. The number of carbonyl (C=O) groups is 2. The maximum atomic E-state index is 13.4. The number of carbonyl (C=O) groups excluding carboxylic acids is 2. The summed E-state index contributed by atoms with van der Waals surface area (Å²) in [6.07, 6.45) is 4.87. The van der Waals surface area contributed by atoms with E-state index in [1.165, 1.54) is 6.26 Å². The number of piperidine rings is 1. The highest BCUT2D eigenvalue weighted by molar-refractivity contribution is 7.88. The van der Waals surface area contributed by atoms with Gasteiger partial charge in [0, 0.05) is 90.6 Å². The summed E-state index contributed by atoms with van der Waals surface area (Å²) in [4.78, 5) is 47.1. The summed E-state index contributed by atoms with van der Waals surface area (Å²) in [6.45, 7) is 8.75. The van der Waals surface area contributed by atoms with Gasteiger partial charge in [0.15, 0.2) is 0 Å². The second kappa shape index (κ2) is 13.8. The first-order valence-corrected chi connectivity index (χ1v) is 18.0. The number of benzene rings is 1. The minimum atomic E-state index is -3.38. The average Bonchev–Trinajstić information content (AvgIpc) is 3.22. The molecule has 12 nitrogen and oxygen atoms in total. The topological polar surface area (TPSA) is 119 Å². The standard InChI is InChI=1S/C32H49N7O5S/c1-23(2)39-29-9-7-6-8-24(29)20-28(31(39)41)30(40)33-25-21-26-10-11-27(22-25)38(26)19-18-37(45(5,43)44)17-14-35-12-15-36(16-13-35)32(42)34(3)4/h6-9,20,23,25-27H,10-19,21-22H2,1-5H3,(H,33,40)/t25?,26-,27+. The van der Waals surface area contributed by atoms with Gasteiger partial charge in [-0.3, -0.25) is 19.4 Å². The Bertz CT molecular complexity index is 1540. The van der Waals surface area contributed by atoms with E-state index in [1.54, 1.807) is 33.9 Å². The quantitative estimate of drug-likeness (QED) is 0.420. The van der Waals surface area contributed by atoms with Crippen LogP contribution in [0.15, 0.2) is 35.1 Å². The predicted octanol–water partition coefficient (Wildman–Crippen LogP) is 1.87. The number of pyridine rings is 1. The number of urea groups is 1. The second-order valence-electron chi connectivity index (χ2n) is 13.3. The monoisotopic (exact) mass is 643 g/mol. The molecule has 3 saturated heterocycles. The molecule has 13 heteroatoms. The van der Waals surface area contributed by atoms with Crippen LogP contribution >= 0.6 is 0 Å². The summed E-state index contributed by atoms with van der Waals surface area (Å²) in [7, 11) is 0.118. The van der Waals surface area contributed by atoms with Crippen molar-refractivity contribution in [2.75, 3.05) is 72.7 Å². The van der Waals surface area contributed by atoms with E-state index in [0.717, 1.165) is 49.7 Å². The Morgan fingerprint density at radius 3 is 2.20 bits per heavy atom. The maximum absolute atomic E-state index is 13.4. The molecule has 0 spiro atoms. The number of aromatic nitrogens is 1. The van der Waals surface area contributed by atoms with Crippen LogP contribution in [0, 0.1) is 0 Å². The van der Waals surface area contributed by atoms with Gasteiger partial charge in [0.25, 0.3) is 11.5 Å². The Balaban J connectivity index is 1.16. The molecule has 0 radical (unpaired) electrons. The number of para-hydroxylation sites is 1. The van der Waals surface area contributed by atoms with Gasteiger partial charge in [0.2, 0.25) is 10.0 Å². The molecule has 3 aliphatic rings. The predicted molar refractivity (Wildman–Crippen MR) is 176 cm³/mol. The van der Waals surface area contributed by atoms with E-state index in [-0.39, 0.29) is 47.2 Å². The first-order chi connectivity index (χ1) is 21.3. The van der Waals surface area contributed by atoms with E-state index in [2.05, 4.69) is 15.1 Å². The molecule has 0 aliphatic carbocycles. The Hall–Kier alpha value is -3.00. The summed E-state index contributed by atoms with van der Waals surface area (Å²) >= 11 is 0. The number of nitrogens with zero attached hydrogens (tertiary/aromatic N) is 6. The first-order valence-electron chi connectivity index (χ1n) is 16.2. The zero-order valence-electron chi connectivity index (χ0n) is 27.3. The number of hydrogen-bond acceptors (Lipinski definition) is 7. The summed E-state index contributed by atoms with van der Waals surface area (Å²) in [5, 5.41) is 4.04. The molecule has 248 valence electrons. The van der Waals surface area contributed by atoms with E-state index in [0.29, 0.717) is 39.3 Å². The Labute approximate surface area is 267 Å². The van der Waals surface area contributed by atoms with Crippen LogP contribution in [-0.4, -0.2) is 140 Å². The molecule has 2 bridgehead atoms. The van der Waals surface area contributed by atoms with E-state index >= 15 is 0 Å². The van der Waals surface area contributed by atoms with Crippen LogP contribution in [0.5, 0.6) is 0 Å². The molecule has 5 rings (SSSR count). The third-order valence-corrected chi connectivity index (χ3v) is 11.0. The first kappa shape index (κ1) is 33.4. The Morgan fingerprint density at radius 2 is 1.60 bits per heavy atom. The fourth-order valence-electron chi connectivity index (χ4n) is 7.35. The van der Waals surface area contributed by atoms with Crippen molar-refractivity contribution in [3.63, 3.8) is 0 Å². The minimum absolute atomic E-state index is 0.00786. The highest BCUT2D eigenvalue weighted by Crippen LogP contribution is 2.35. The molecule has 1 unspecified atom stereocenters. The van der Waals surface area contributed by atoms with Crippen LogP contribution in [-0.2, 0) is 10.0 Å². The van der Waals surface area contributed by atoms with Gasteiger partial charge in [-0.25, -0.2) is 13.2 Å². The van der Waals surface area contributed by atoms with Gasteiger partial charge in [-0.15, -0.1) is 0 Å². The van der Waals surface area contributed by atoms with Crippen LogP contribution in [0.4, 0.5) is 4.79 Å². The smallest absolute Gasteiger partial charge is 0.319 e. The molecule has 2 aromatic rings. The van der Waals surface area contributed by atoms with Crippen molar-refractivity contribution in [2.45, 2.75) is 63.7 Å². The van der Waals surface area contributed by atoms with Crippen LogP contribution in [0.1, 0.15) is 55.9 Å². The zero-order chi connectivity index (χ0) is 32.5. The number of piperazine rings is 1. The summed E-state index contributed by atoms with van der Waals surface area (Å²) in [5.74, 6) is -0.326. The van der Waals surface area contributed by atoms with Crippen LogP contribution in [0.25, 0.3) is 10.9 Å². The minimum Gasteiger partial charge on any atom is -0.349 e. The number of fused-ring (bicyclic) bond motifs is 3. The number of sulfonamides is 1. The highest BCUT2D eigenvalue weighted by Gasteiger charge is 2.41. The van der Waals surface area contributed by atoms with Gasteiger partial charge in [-0.2, -0.15) is 4.31 Å². The van der Waals surface area contributed by atoms with Crippen LogP contribution < -0.4 is 10.9 Å². The lowest BCUT2D eigenvalue weighted by Crippen LogP contribution is -2.54. The highest BCUT2D eigenvalue weighted by atomic mass is 32.2. The van der Waals surface area contributed by atoms with E-state index in [4.69, 9.17) is 0 Å². The van der Waals surface area contributed by atoms with E-state index in [9.17, 15) is 22.8 Å². The fraction of sp³-hybridized carbons (Fsp3) is 0.656. The molecule has 1 N–H and O–H groups in total. The number of hydrogen-bond donors (Lipinski definition) is 1. The van der Waals surface area contributed by atoms with Crippen LogP contribution in [0.3, 0.4) is 0 Å². The van der Waals surface area contributed by atoms with Crippen molar-refractivity contribution in [1.29, 1.82) is 0 Å². The molecule has 3 fully saturated rings. The Kier molecular flexibility index (Phi) is 10.2. The average molecular weight is 644 g/mol. The van der Waals surface area contributed by atoms with Crippen molar-refractivity contribution in [1.82, 2.24) is 33.8 Å². The van der Waals surface area contributed by atoms with Gasteiger partial charge in [0.1, 0.15) is 5.56 Å². The van der Waals surface area contributed by atoms with Crippen molar-refractivity contribution in [2.24, 2.45) is 0 Å². The third-order valence-electron chi connectivity index (χ3n) is 9.69. The number of nitrogens with one attached hydrogen (secondary N) is 1. The zero-order valence-corrected chi connectivity index (χ0v) is 28.1. The number of rotatable bonds is 10. The van der Waals surface area contributed by atoms with E-state index < -0.39 is 10.0 Å². The maximum Gasteiger partial charge on any atom is 0.319 e. The molecular weight excluding hydrogens is 594 g/mol. The Morgan fingerprint density at radius 1 is 0.978 bits per heavy atom. The van der Waals surface area contributed by atoms with Gasteiger partial charge < -0.3 is 19.7 Å². The van der Waals surface area contributed by atoms with Crippen LogP contribution in [0.2, 0.25) is 0 Å². The molecule has 45 heavy (non-hydrogen) atoms. The molecular formula is C32H49N7O5S. The van der Waals surface area contributed by atoms with Gasteiger partial charge in [-0.1, -0.05) is 18.2 Å². The molecule has 3 atom stereocenters. The molecule has 0 saturated carbocycles. The normalized spacial score (nSPS) is 22.8.